The molecule has 2 nitrogen and oxygen atoms in total. The van der Waals surface area contributed by atoms with Crippen molar-refractivity contribution in [3.63, 3.8) is 0 Å². The molecular weight excluding hydrogens is 246 g/mol. The second-order valence-corrected chi connectivity index (χ2v) is 6.67. The van der Waals surface area contributed by atoms with E-state index in [4.69, 9.17) is 4.74 Å². The molecule has 1 aliphatic heterocycles. The number of hydrogen-bond donors (Lipinski definition) is 1. The molecule has 0 spiro atoms. The molecule has 110 valence electrons. The van der Waals surface area contributed by atoms with Crippen LogP contribution in [0.3, 0.4) is 0 Å². The first-order valence-electron chi connectivity index (χ1n) is 8.07. The van der Waals surface area contributed by atoms with E-state index in [1.165, 1.54) is 43.2 Å². The van der Waals surface area contributed by atoms with Crippen LogP contribution in [0.25, 0.3) is 0 Å². The highest BCUT2D eigenvalue weighted by molar-refractivity contribution is 5.43. The van der Waals surface area contributed by atoms with Crippen LogP contribution >= 0.6 is 0 Å². The lowest BCUT2D eigenvalue weighted by atomic mass is 9.86. The average Bonchev–Trinajstić information content (AvgIpc) is 3.08. The zero-order valence-electron chi connectivity index (χ0n) is 13.0. The Hall–Kier alpha value is -1.02. The first-order chi connectivity index (χ1) is 9.69. The molecule has 0 aromatic heterocycles. The maximum absolute atomic E-state index is 5.38. The lowest BCUT2D eigenvalue weighted by Gasteiger charge is -2.20. The van der Waals surface area contributed by atoms with Crippen molar-refractivity contribution < 1.29 is 4.74 Å². The highest BCUT2D eigenvalue weighted by Gasteiger charge is 2.33. The van der Waals surface area contributed by atoms with Crippen molar-refractivity contribution in [1.82, 2.24) is 5.32 Å². The van der Waals surface area contributed by atoms with E-state index in [1.54, 1.807) is 12.7 Å². The Kier molecular flexibility index (Phi) is 4.02. The summed E-state index contributed by atoms with van der Waals surface area (Å²) in [7, 11) is 1.75. The predicted octanol–water partition coefficient (Wildman–Crippen LogP) is 3.95. The van der Waals surface area contributed by atoms with Crippen LogP contribution in [0, 0.1) is 19.8 Å². The second-order valence-electron chi connectivity index (χ2n) is 6.67. The predicted molar refractivity (Wildman–Crippen MR) is 83.6 cm³/mol. The van der Waals surface area contributed by atoms with E-state index in [-0.39, 0.29) is 0 Å². The first-order valence-corrected chi connectivity index (χ1v) is 8.07. The fraction of sp³-hybridized carbons (Fsp3) is 0.667. The Morgan fingerprint density at radius 2 is 1.75 bits per heavy atom. The summed E-state index contributed by atoms with van der Waals surface area (Å²) in [6, 6.07) is 5.12. The lowest BCUT2D eigenvalue weighted by Crippen LogP contribution is -2.28. The standard InChI is InChI=1S/C18H27NO/c1-12-8-16(20-3)9-13(2)18(12)15-10-17(19-11-15)14-6-4-5-7-14/h8-9,14-15,17,19H,4-7,10-11H2,1-3H3. The van der Waals surface area contributed by atoms with Crippen LogP contribution in [0.4, 0.5) is 0 Å². The molecule has 0 amide bonds. The third-order valence-electron chi connectivity index (χ3n) is 5.34. The van der Waals surface area contributed by atoms with Gasteiger partial charge in [0.1, 0.15) is 5.75 Å². The molecule has 1 aromatic rings. The number of aryl methyl sites for hydroxylation is 2. The topological polar surface area (TPSA) is 21.3 Å². The van der Waals surface area contributed by atoms with Gasteiger partial charge in [-0.05, 0) is 73.8 Å². The molecule has 2 fully saturated rings. The van der Waals surface area contributed by atoms with Crippen LogP contribution in [0.5, 0.6) is 5.75 Å². The van der Waals surface area contributed by atoms with E-state index >= 15 is 0 Å². The van der Waals surface area contributed by atoms with Gasteiger partial charge in [0.2, 0.25) is 0 Å². The smallest absolute Gasteiger partial charge is 0.119 e. The van der Waals surface area contributed by atoms with E-state index < -0.39 is 0 Å². The molecule has 1 heterocycles. The van der Waals surface area contributed by atoms with Crippen molar-refractivity contribution in [2.24, 2.45) is 5.92 Å². The molecule has 1 aliphatic carbocycles. The van der Waals surface area contributed by atoms with Crippen LogP contribution in [-0.2, 0) is 0 Å². The van der Waals surface area contributed by atoms with Crippen molar-refractivity contribution in [1.29, 1.82) is 0 Å². The number of nitrogens with one attached hydrogen (secondary N) is 1. The fourth-order valence-corrected chi connectivity index (χ4v) is 4.40. The number of ether oxygens (including phenoxy) is 1. The highest BCUT2D eigenvalue weighted by Crippen LogP contribution is 2.38. The van der Waals surface area contributed by atoms with Crippen molar-refractivity contribution in [3.05, 3.63) is 28.8 Å². The van der Waals surface area contributed by atoms with Crippen molar-refractivity contribution in [3.8, 4) is 5.75 Å². The molecule has 1 N–H and O–H groups in total. The fourth-order valence-electron chi connectivity index (χ4n) is 4.40. The Morgan fingerprint density at radius 1 is 1.10 bits per heavy atom. The van der Waals surface area contributed by atoms with Crippen LogP contribution in [0.1, 0.15) is 54.7 Å². The first kappa shape index (κ1) is 13.9. The molecule has 2 unspecified atom stereocenters. The number of methoxy groups -OCH3 is 1. The van der Waals surface area contributed by atoms with Gasteiger partial charge >= 0.3 is 0 Å². The minimum atomic E-state index is 0.687. The summed E-state index contributed by atoms with van der Waals surface area (Å²) in [6.45, 7) is 5.61. The van der Waals surface area contributed by atoms with E-state index in [9.17, 15) is 0 Å². The van der Waals surface area contributed by atoms with E-state index in [1.807, 2.05) is 0 Å². The highest BCUT2D eigenvalue weighted by atomic mass is 16.5. The van der Waals surface area contributed by atoms with Gasteiger partial charge < -0.3 is 10.1 Å². The number of benzene rings is 1. The third kappa shape index (κ3) is 2.58. The largest absolute Gasteiger partial charge is 0.497 e. The summed E-state index contributed by atoms with van der Waals surface area (Å²) in [5.41, 5.74) is 4.33. The summed E-state index contributed by atoms with van der Waals surface area (Å²) in [5.74, 6) is 2.60. The summed E-state index contributed by atoms with van der Waals surface area (Å²) in [6.07, 6.45) is 7.07. The molecule has 2 aliphatic rings. The van der Waals surface area contributed by atoms with Crippen LogP contribution in [0.2, 0.25) is 0 Å². The molecule has 0 bridgehead atoms. The Bertz CT molecular complexity index is 453. The van der Waals surface area contributed by atoms with Crippen LogP contribution in [0.15, 0.2) is 12.1 Å². The summed E-state index contributed by atoms with van der Waals surface area (Å²) in [5, 5.41) is 3.80. The van der Waals surface area contributed by atoms with Gasteiger partial charge in [0, 0.05) is 12.6 Å². The normalized spacial score (nSPS) is 27.1. The summed E-state index contributed by atoms with van der Waals surface area (Å²) >= 11 is 0. The molecule has 2 atom stereocenters. The third-order valence-corrected chi connectivity index (χ3v) is 5.34. The maximum Gasteiger partial charge on any atom is 0.119 e. The zero-order valence-corrected chi connectivity index (χ0v) is 13.0. The van der Waals surface area contributed by atoms with Gasteiger partial charge in [0.25, 0.3) is 0 Å². The molecule has 2 heteroatoms. The average molecular weight is 273 g/mol. The molecular formula is C18H27NO. The van der Waals surface area contributed by atoms with Gasteiger partial charge in [-0.2, -0.15) is 0 Å². The van der Waals surface area contributed by atoms with Gasteiger partial charge in [-0.3, -0.25) is 0 Å². The minimum absolute atomic E-state index is 0.687. The quantitative estimate of drug-likeness (QED) is 0.900. The SMILES string of the molecule is COc1cc(C)c(C2CNC(C3CCCC3)C2)c(C)c1. The minimum Gasteiger partial charge on any atom is -0.497 e. The van der Waals surface area contributed by atoms with Crippen LogP contribution < -0.4 is 10.1 Å². The number of rotatable bonds is 3. The number of hydrogen-bond acceptors (Lipinski definition) is 2. The lowest BCUT2D eigenvalue weighted by molar-refractivity contribution is 0.396. The Morgan fingerprint density at radius 3 is 2.35 bits per heavy atom. The van der Waals surface area contributed by atoms with Gasteiger partial charge in [-0.15, -0.1) is 0 Å². The maximum atomic E-state index is 5.38. The molecule has 3 rings (SSSR count). The van der Waals surface area contributed by atoms with Gasteiger partial charge in [0.15, 0.2) is 0 Å². The van der Waals surface area contributed by atoms with Crippen LogP contribution in [-0.4, -0.2) is 19.7 Å². The zero-order chi connectivity index (χ0) is 14.1. The second kappa shape index (κ2) is 5.77. The van der Waals surface area contributed by atoms with E-state index in [0.717, 1.165) is 24.3 Å². The Labute approximate surface area is 122 Å². The molecule has 20 heavy (non-hydrogen) atoms. The summed E-state index contributed by atoms with van der Waals surface area (Å²) in [4.78, 5) is 0. The Balaban J connectivity index is 1.77. The summed E-state index contributed by atoms with van der Waals surface area (Å²) < 4.78 is 5.38. The molecule has 1 aromatic carbocycles. The molecule has 1 saturated heterocycles. The van der Waals surface area contributed by atoms with E-state index in [2.05, 4.69) is 31.3 Å². The van der Waals surface area contributed by atoms with Crippen molar-refractivity contribution in [2.75, 3.05) is 13.7 Å². The van der Waals surface area contributed by atoms with Crippen molar-refractivity contribution in [2.45, 2.75) is 57.9 Å². The van der Waals surface area contributed by atoms with Gasteiger partial charge in [0.05, 0.1) is 7.11 Å². The van der Waals surface area contributed by atoms with Crippen molar-refractivity contribution >= 4 is 0 Å². The van der Waals surface area contributed by atoms with Gasteiger partial charge in [-0.1, -0.05) is 12.8 Å². The van der Waals surface area contributed by atoms with E-state index in [0.29, 0.717) is 5.92 Å². The molecule has 0 radical (unpaired) electrons. The monoisotopic (exact) mass is 273 g/mol. The molecule has 1 saturated carbocycles. The van der Waals surface area contributed by atoms with Gasteiger partial charge in [-0.25, -0.2) is 0 Å².